The van der Waals surface area contributed by atoms with Gasteiger partial charge in [-0.3, -0.25) is 0 Å². The molecule has 1 aliphatic rings. The van der Waals surface area contributed by atoms with Crippen molar-refractivity contribution >= 4 is 7.82 Å². The van der Waals surface area contributed by atoms with Crippen LogP contribution < -0.4 is 68.9 Å². The molecule has 1 rings (SSSR count). The number of ether oxygens (including phenoxy) is 1. The summed E-state index contributed by atoms with van der Waals surface area (Å²) < 4.78 is 18.4. The Bertz CT molecular complexity index is 299. The van der Waals surface area contributed by atoms with E-state index in [-0.39, 0.29) is 59.1 Å². The van der Waals surface area contributed by atoms with Gasteiger partial charge in [0.25, 0.3) is 0 Å². The molecule has 0 radical (unpaired) electrons. The summed E-state index contributed by atoms with van der Waals surface area (Å²) >= 11 is 0. The van der Waals surface area contributed by atoms with Crippen LogP contribution in [0.2, 0.25) is 0 Å². The van der Waals surface area contributed by atoms with E-state index < -0.39 is 45.1 Å². The van der Waals surface area contributed by atoms with E-state index in [2.05, 4.69) is 9.26 Å². The van der Waals surface area contributed by atoms with Crippen molar-refractivity contribution in [3.63, 3.8) is 0 Å². The van der Waals surface area contributed by atoms with Crippen molar-refractivity contribution in [1.29, 1.82) is 0 Å². The molecule has 1 aliphatic heterocycles. The largest absolute Gasteiger partial charge is 1.00 e. The van der Waals surface area contributed by atoms with E-state index in [4.69, 9.17) is 5.11 Å². The average molecular weight is 304 g/mol. The van der Waals surface area contributed by atoms with Gasteiger partial charge in [0, 0.05) is 0 Å². The van der Waals surface area contributed by atoms with Crippen LogP contribution >= 0.6 is 7.82 Å². The molecule has 0 amide bonds. The predicted molar refractivity (Wildman–Crippen MR) is 42.5 cm³/mol. The Morgan fingerprint density at radius 1 is 1.33 bits per heavy atom. The van der Waals surface area contributed by atoms with Crippen molar-refractivity contribution in [2.24, 2.45) is 0 Å². The molecule has 1 fully saturated rings. The van der Waals surface area contributed by atoms with Crippen molar-refractivity contribution in [3.05, 3.63) is 0 Å². The van der Waals surface area contributed by atoms with Crippen LogP contribution in [-0.4, -0.2) is 57.7 Å². The maximum atomic E-state index is 10.2. The molecule has 0 spiro atoms. The van der Waals surface area contributed by atoms with Gasteiger partial charge in [-0.25, -0.2) is 0 Å². The zero-order valence-electron chi connectivity index (χ0n) is 9.92. The topological polar surface area (TPSA) is 163 Å². The Morgan fingerprint density at radius 3 is 2.28 bits per heavy atom. The summed E-state index contributed by atoms with van der Waals surface area (Å²) in [5.41, 5.74) is 0. The molecule has 12 heteroatoms. The molecular weight excluding hydrogens is 293 g/mol. The Balaban J connectivity index is 0. The Morgan fingerprint density at radius 2 is 1.83 bits per heavy atom. The van der Waals surface area contributed by atoms with Gasteiger partial charge in [0.05, 0.1) is 14.4 Å². The van der Waals surface area contributed by atoms with E-state index in [1.54, 1.807) is 0 Å². The first-order valence-corrected chi connectivity index (χ1v) is 5.69. The van der Waals surface area contributed by atoms with Gasteiger partial charge < -0.3 is 44.0 Å². The van der Waals surface area contributed by atoms with Gasteiger partial charge in [-0.2, -0.15) is 0 Å². The third-order valence-electron chi connectivity index (χ3n) is 2.11. The molecule has 0 bridgehead atoms. The summed E-state index contributed by atoms with van der Waals surface area (Å²) in [5, 5.41) is 37.1. The molecule has 1 saturated heterocycles. The van der Waals surface area contributed by atoms with Crippen LogP contribution in [-0.2, 0) is 13.8 Å². The molecule has 1 heterocycles. The maximum absolute atomic E-state index is 10.2. The molecule has 0 aromatic carbocycles. The zero-order chi connectivity index (χ0) is 12.6. The molecule has 0 aliphatic carbocycles. The van der Waals surface area contributed by atoms with Crippen molar-refractivity contribution in [2.75, 3.05) is 13.2 Å². The monoisotopic (exact) mass is 304 g/mol. The summed E-state index contributed by atoms with van der Waals surface area (Å²) in [5.74, 6) is -2.55. The first-order valence-electron chi connectivity index (χ1n) is 4.23. The number of phosphoric acid groups is 1. The van der Waals surface area contributed by atoms with Crippen molar-refractivity contribution in [3.8, 4) is 0 Å². The smallest absolute Gasteiger partial charge is 0.790 e. The van der Waals surface area contributed by atoms with E-state index in [0.717, 1.165) is 0 Å². The van der Waals surface area contributed by atoms with Crippen LogP contribution in [0.3, 0.4) is 0 Å². The van der Waals surface area contributed by atoms with E-state index in [1.807, 2.05) is 0 Å². The third-order valence-corrected chi connectivity index (χ3v) is 2.56. The van der Waals surface area contributed by atoms with E-state index in [0.29, 0.717) is 0 Å². The summed E-state index contributed by atoms with van der Waals surface area (Å²) in [4.78, 5) is 20.3. The summed E-state index contributed by atoms with van der Waals surface area (Å²) in [6, 6.07) is 0. The molecule has 0 aromatic heterocycles. The van der Waals surface area contributed by atoms with Crippen LogP contribution in [0, 0.1) is 0 Å². The number of hydrogen-bond acceptors (Lipinski definition) is 9. The first-order chi connectivity index (χ1) is 7.16. The first kappa shape index (κ1) is 22.2. The van der Waals surface area contributed by atoms with Crippen LogP contribution in [0.25, 0.3) is 0 Å². The van der Waals surface area contributed by atoms with Crippen molar-refractivity contribution in [1.82, 2.24) is 0 Å². The zero-order valence-corrected chi connectivity index (χ0v) is 14.8. The minimum atomic E-state index is -5.33. The summed E-state index contributed by atoms with van der Waals surface area (Å²) in [6.45, 7) is -1.71. The summed E-state index contributed by atoms with van der Waals surface area (Å²) in [6.07, 6.45) is -5.16. The number of aliphatic hydroxyl groups excluding tert-OH is 3. The molecular formula is C6H11Na2O9P. The SMILES string of the molecule is O=P([O-])([O-])OC[C@@]1(O)OC[C@@H](O)[C@@H](O)[C@H]1O.[Na+].[Na+]. The van der Waals surface area contributed by atoms with Crippen LogP contribution in [0.4, 0.5) is 0 Å². The molecule has 4 atom stereocenters. The fourth-order valence-electron chi connectivity index (χ4n) is 1.19. The Labute approximate surface area is 147 Å². The van der Waals surface area contributed by atoms with E-state index >= 15 is 0 Å². The quantitative estimate of drug-likeness (QED) is 0.293. The molecule has 96 valence electrons. The van der Waals surface area contributed by atoms with Crippen molar-refractivity contribution < 1.29 is 103 Å². The second kappa shape index (κ2) is 8.38. The van der Waals surface area contributed by atoms with E-state index in [9.17, 15) is 29.7 Å². The number of hydrogen-bond donors (Lipinski definition) is 4. The fraction of sp³-hybridized carbons (Fsp3) is 1.00. The van der Waals surface area contributed by atoms with Gasteiger partial charge in [-0.1, -0.05) is 0 Å². The normalized spacial score (nSPS) is 36.4. The molecule has 0 unspecified atom stereocenters. The van der Waals surface area contributed by atoms with Gasteiger partial charge in [0.15, 0.2) is 0 Å². The molecule has 9 nitrogen and oxygen atoms in total. The predicted octanol–water partition coefficient (Wildman–Crippen LogP) is -10.4. The average Bonchev–Trinajstić information content (AvgIpc) is 2.18. The van der Waals surface area contributed by atoms with Gasteiger partial charge in [0.2, 0.25) is 5.79 Å². The molecule has 4 N–H and O–H groups in total. The second-order valence-electron chi connectivity index (χ2n) is 3.38. The molecule has 0 aromatic rings. The van der Waals surface area contributed by atoms with Gasteiger partial charge in [0.1, 0.15) is 24.9 Å². The third kappa shape index (κ3) is 6.13. The minimum absolute atomic E-state index is 0. The fourth-order valence-corrected chi connectivity index (χ4v) is 1.53. The molecule has 0 saturated carbocycles. The Hall–Kier alpha value is 1.91. The van der Waals surface area contributed by atoms with Crippen LogP contribution in [0.5, 0.6) is 0 Å². The van der Waals surface area contributed by atoms with Crippen LogP contribution in [0.15, 0.2) is 0 Å². The van der Waals surface area contributed by atoms with Crippen molar-refractivity contribution in [2.45, 2.75) is 24.1 Å². The maximum Gasteiger partial charge on any atom is 1.00 e. The number of rotatable bonds is 3. The minimum Gasteiger partial charge on any atom is -0.790 e. The Kier molecular flexibility index (Phi) is 10.3. The van der Waals surface area contributed by atoms with Gasteiger partial charge in [-0.15, -0.1) is 0 Å². The summed E-state index contributed by atoms with van der Waals surface area (Å²) in [7, 11) is -5.33. The molecule has 18 heavy (non-hydrogen) atoms. The van der Waals surface area contributed by atoms with Gasteiger partial charge >= 0.3 is 59.1 Å². The number of phosphoric ester groups is 1. The van der Waals surface area contributed by atoms with Gasteiger partial charge in [-0.05, 0) is 0 Å². The number of aliphatic hydroxyl groups is 4. The van der Waals surface area contributed by atoms with Crippen LogP contribution in [0.1, 0.15) is 0 Å². The standard InChI is InChI=1S/C6H13O9P.2Na/c7-3-1-14-6(10,5(9)4(3)8)2-15-16(11,12)13;;/h3-5,7-10H,1-2H2,(H2,11,12,13);;/q;2*+1/p-2/t3-,4-,5-,6-;;/m1../s1. The second-order valence-corrected chi connectivity index (χ2v) is 4.53. The van der Waals surface area contributed by atoms with E-state index in [1.165, 1.54) is 0 Å².